The molecule has 4 rings (SSSR count). The van der Waals surface area contributed by atoms with Gasteiger partial charge in [-0.25, -0.2) is 4.79 Å². The van der Waals surface area contributed by atoms with Gasteiger partial charge in [0.25, 0.3) is 0 Å². The number of benzene rings is 2. The van der Waals surface area contributed by atoms with Gasteiger partial charge in [-0.2, -0.15) is 0 Å². The Balaban J connectivity index is 1.63. The Bertz CT molecular complexity index is 946. The third-order valence-electron chi connectivity index (χ3n) is 6.50. The highest BCUT2D eigenvalue weighted by Gasteiger charge is 2.76. The Morgan fingerprint density at radius 1 is 1.10 bits per heavy atom. The highest BCUT2D eigenvalue weighted by molar-refractivity contribution is 5.91. The van der Waals surface area contributed by atoms with E-state index in [-0.39, 0.29) is 12.6 Å². The van der Waals surface area contributed by atoms with Crippen LogP contribution in [0, 0.1) is 5.92 Å². The van der Waals surface area contributed by atoms with Gasteiger partial charge in [-0.1, -0.05) is 42.5 Å². The number of fused-ring (bicyclic) bond motifs is 1. The Morgan fingerprint density at radius 3 is 2.42 bits per heavy atom. The molecule has 2 aliphatic rings. The summed E-state index contributed by atoms with van der Waals surface area (Å²) in [6.07, 6.45) is 0. The van der Waals surface area contributed by atoms with Crippen molar-refractivity contribution in [2.75, 3.05) is 27.4 Å². The van der Waals surface area contributed by atoms with E-state index in [1.807, 2.05) is 59.5 Å². The molecule has 2 aliphatic heterocycles. The number of ether oxygens (including phenoxy) is 4. The van der Waals surface area contributed by atoms with Crippen molar-refractivity contribution in [1.29, 1.82) is 0 Å². The molecule has 2 heterocycles. The third kappa shape index (κ3) is 3.47. The average molecular weight is 425 g/mol. The highest BCUT2D eigenvalue weighted by Crippen LogP contribution is 2.53. The third-order valence-corrected chi connectivity index (χ3v) is 6.50. The van der Waals surface area contributed by atoms with Gasteiger partial charge in [-0.05, 0) is 30.2 Å². The first-order valence-corrected chi connectivity index (χ1v) is 10.3. The molecular weight excluding hydrogens is 398 g/mol. The molecule has 0 amide bonds. The van der Waals surface area contributed by atoms with Crippen LogP contribution in [-0.2, 0) is 37.0 Å². The van der Waals surface area contributed by atoms with Crippen LogP contribution in [0.5, 0.6) is 5.75 Å². The highest BCUT2D eigenvalue weighted by atomic mass is 16.6. The molecule has 2 fully saturated rings. The number of carbonyl (C=O) groups excluding carboxylic acids is 2. The minimum absolute atomic E-state index is 0.0466. The fourth-order valence-electron chi connectivity index (χ4n) is 4.67. The van der Waals surface area contributed by atoms with Crippen LogP contribution in [-0.4, -0.2) is 55.3 Å². The largest absolute Gasteiger partial charge is 0.497 e. The Morgan fingerprint density at radius 2 is 1.81 bits per heavy atom. The molecule has 0 aliphatic carbocycles. The summed E-state index contributed by atoms with van der Waals surface area (Å²) in [5, 5.41) is 0. The van der Waals surface area contributed by atoms with E-state index in [0.717, 1.165) is 16.9 Å². The van der Waals surface area contributed by atoms with Gasteiger partial charge in [0, 0.05) is 13.1 Å². The Kier molecular flexibility index (Phi) is 5.73. The lowest BCUT2D eigenvalue weighted by atomic mass is 9.72. The summed E-state index contributed by atoms with van der Waals surface area (Å²) in [5.74, 6) is -0.422. The van der Waals surface area contributed by atoms with Gasteiger partial charge in [-0.3, -0.25) is 9.69 Å². The summed E-state index contributed by atoms with van der Waals surface area (Å²) in [6, 6.07) is 17.4. The molecule has 0 N–H and O–H groups in total. The lowest BCUT2D eigenvalue weighted by Gasteiger charge is -2.49. The zero-order valence-electron chi connectivity index (χ0n) is 18.0. The number of hydrogen-bond donors (Lipinski definition) is 0. The predicted octanol–water partition coefficient (Wildman–Crippen LogP) is 2.57. The number of rotatable bonds is 8. The van der Waals surface area contributed by atoms with E-state index < -0.39 is 23.0 Å². The summed E-state index contributed by atoms with van der Waals surface area (Å²) < 4.78 is 22.1. The molecule has 164 valence electrons. The van der Waals surface area contributed by atoms with E-state index in [2.05, 4.69) is 0 Å². The maximum atomic E-state index is 13.2. The van der Waals surface area contributed by atoms with Crippen LogP contribution in [0.3, 0.4) is 0 Å². The molecule has 2 aromatic rings. The summed E-state index contributed by atoms with van der Waals surface area (Å²) in [6.45, 7) is 3.02. The van der Waals surface area contributed by atoms with Crippen LogP contribution in [0.15, 0.2) is 54.6 Å². The van der Waals surface area contributed by atoms with Crippen molar-refractivity contribution in [3.05, 3.63) is 65.7 Å². The first kappa shape index (κ1) is 21.3. The molecule has 0 bridgehead atoms. The second-order valence-corrected chi connectivity index (χ2v) is 8.14. The van der Waals surface area contributed by atoms with Crippen LogP contribution in [0.4, 0.5) is 0 Å². The van der Waals surface area contributed by atoms with Gasteiger partial charge in [0.05, 0.1) is 27.4 Å². The van der Waals surface area contributed by atoms with Crippen molar-refractivity contribution in [2.45, 2.75) is 31.2 Å². The fourth-order valence-corrected chi connectivity index (χ4v) is 4.67. The Labute approximate surface area is 181 Å². The fraction of sp³-hybridized carbons (Fsp3) is 0.417. The predicted molar refractivity (Wildman–Crippen MR) is 112 cm³/mol. The van der Waals surface area contributed by atoms with E-state index in [0.29, 0.717) is 19.7 Å². The van der Waals surface area contributed by atoms with Crippen molar-refractivity contribution >= 4 is 11.9 Å². The summed E-state index contributed by atoms with van der Waals surface area (Å²) in [7, 11) is 2.97. The van der Waals surface area contributed by atoms with Crippen molar-refractivity contribution in [1.82, 2.24) is 4.90 Å². The van der Waals surface area contributed by atoms with E-state index in [1.54, 1.807) is 14.0 Å². The first-order chi connectivity index (χ1) is 14.9. The number of methoxy groups -OCH3 is 2. The summed E-state index contributed by atoms with van der Waals surface area (Å²) in [4.78, 5) is 27.4. The topological polar surface area (TPSA) is 74.3 Å². The molecule has 3 atom stereocenters. The van der Waals surface area contributed by atoms with E-state index in [9.17, 15) is 9.59 Å². The molecule has 0 spiro atoms. The number of esters is 2. The molecule has 2 aromatic carbocycles. The number of nitrogens with zero attached hydrogens (tertiary/aromatic N) is 1. The van der Waals surface area contributed by atoms with E-state index in [1.165, 1.54) is 7.11 Å². The molecule has 2 saturated heterocycles. The van der Waals surface area contributed by atoms with Crippen molar-refractivity contribution in [2.24, 2.45) is 5.92 Å². The normalized spacial score (nSPS) is 27.2. The minimum Gasteiger partial charge on any atom is -0.497 e. The number of carbonyl (C=O) groups is 2. The van der Waals surface area contributed by atoms with Crippen LogP contribution < -0.4 is 4.74 Å². The second kappa shape index (κ2) is 8.32. The zero-order chi connectivity index (χ0) is 22.1. The minimum atomic E-state index is -1.24. The van der Waals surface area contributed by atoms with Gasteiger partial charge in [0.1, 0.15) is 11.7 Å². The Hall–Kier alpha value is -2.90. The van der Waals surface area contributed by atoms with Gasteiger partial charge >= 0.3 is 11.9 Å². The second-order valence-electron chi connectivity index (χ2n) is 8.14. The van der Waals surface area contributed by atoms with Crippen molar-refractivity contribution in [3.8, 4) is 5.75 Å². The lowest BCUT2D eigenvalue weighted by molar-refractivity contribution is -0.225. The monoisotopic (exact) mass is 425 g/mol. The molecule has 0 radical (unpaired) electrons. The van der Waals surface area contributed by atoms with E-state index in [4.69, 9.17) is 18.9 Å². The zero-order valence-corrected chi connectivity index (χ0v) is 18.0. The summed E-state index contributed by atoms with van der Waals surface area (Å²) >= 11 is 0. The van der Waals surface area contributed by atoms with Gasteiger partial charge in [0.15, 0.2) is 11.1 Å². The van der Waals surface area contributed by atoms with Crippen molar-refractivity contribution in [3.63, 3.8) is 0 Å². The molecule has 0 unspecified atom stereocenters. The van der Waals surface area contributed by atoms with Gasteiger partial charge < -0.3 is 18.9 Å². The average Bonchev–Trinajstić information content (AvgIpc) is 2.98. The van der Waals surface area contributed by atoms with Crippen LogP contribution >= 0.6 is 0 Å². The molecular formula is C24H27NO6. The number of likely N-dealkylation sites (tertiary alicyclic amines) is 1. The van der Waals surface area contributed by atoms with Crippen LogP contribution in [0.1, 0.15) is 18.1 Å². The SMILES string of the molecule is COC(=O)[C@]1(COCc2ccccc2)N(Cc2ccc(OC)cc2)C[C@H]2C(=O)O[C@]21C. The first-order valence-electron chi connectivity index (χ1n) is 10.3. The van der Waals surface area contributed by atoms with Gasteiger partial charge in [0.2, 0.25) is 0 Å². The molecule has 0 aromatic heterocycles. The smallest absolute Gasteiger partial charge is 0.332 e. The molecule has 31 heavy (non-hydrogen) atoms. The molecule has 7 nitrogen and oxygen atoms in total. The van der Waals surface area contributed by atoms with Crippen LogP contribution in [0.2, 0.25) is 0 Å². The molecule has 7 heteroatoms. The summed E-state index contributed by atoms with van der Waals surface area (Å²) in [5.41, 5.74) is -0.279. The lowest BCUT2D eigenvalue weighted by Crippen LogP contribution is -2.72. The maximum Gasteiger partial charge on any atom is 0.332 e. The van der Waals surface area contributed by atoms with E-state index >= 15 is 0 Å². The maximum absolute atomic E-state index is 13.2. The van der Waals surface area contributed by atoms with Crippen LogP contribution in [0.25, 0.3) is 0 Å². The standard InChI is InChI=1S/C24H27NO6/c1-23-20(21(26)31-23)14-25(13-17-9-11-19(28-2)12-10-17)24(23,22(27)29-3)16-30-15-18-7-5-4-6-8-18/h4-12,20H,13-16H2,1-3H3/t20-,23+,24-/m0/s1. The molecule has 0 saturated carbocycles. The number of hydrogen-bond acceptors (Lipinski definition) is 7. The quantitative estimate of drug-likeness (QED) is 0.602. The van der Waals surface area contributed by atoms with Crippen molar-refractivity contribution < 1.29 is 28.5 Å². The van der Waals surface area contributed by atoms with Gasteiger partial charge in [-0.15, -0.1) is 0 Å².